The van der Waals surface area contributed by atoms with Gasteiger partial charge in [0.25, 0.3) is 0 Å². The van der Waals surface area contributed by atoms with Crippen molar-refractivity contribution < 1.29 is 14.7 Å². The van der Waals surface area contributed by atoms with Gasteiger partial charge in [0.05, 0.1) is 0 Å². The van der Waals surface area contributed by atoms with Crippen molar-refractivity contribution in [1.82, 2.24) is 9.89 Å². The van der Waals surface area contributed by atoms with E-state index in [2.05, 4.69) is 131 Å². The summed E-state index contributed by atoms with van der Waals surface area (Å²) in [5, 5.41) is 13.9. The van der Waals surface area contributed by atoms with Crippen LogP contribution in [-0.2, 0) is 20.4 Å². The summed E-state index contributed by atoms with van der Waals surface area (Å²) in [6.07, 6.45) is 16.1. The number of rotatable bonds is 13. The van der Waals surface area contributed by atoms with Gasteiger partial charge in [0.1, 0.15) is 25.0 Å². The van der Waals surface area contributed by atoms with Crippen LogP contribution in [0.2, 0.25) is 0 Å². The molecule has 0 radical (unpaired) electrons. The van der Waals surface area contributed by atoms with E-state index in [0.29, 0.717) is 0 Å². The lowest BCUT2D eigenvalue weighted by molar-refractivity contribution is -0.137. The summed E-state index contributed by atoms with van der Waals surface area (Å²) in [4.78, 5) is 31.3. The zero-order valence-electron chi connectivity index (χ0n) is 31.9. The zero-order chi connectivity index (χ0) is 36.9. The molecule has 0 aromatic heterocycles. The molecule has 0 saturated heterocycles. The maximum absolute atomic E-state index is 12.7. The summed E-state index contributed by atoms with van der Waals surface area (Å²) in [6.45, 7) is 21.4. The van der Waals surface area contributed by atoms with Gasteiger partial charge < -0.3 is 24.9 Å². The molecule has 0 spiro atoms. The number of aryl methyl sites for hydroxylation is 1. The quantitative estimate of drug-likeness (QED) is 0.177. The van der Waals surface area contributed by atoms with Gasteiger partial charge in [-0.1, -0.05) is 122 Å². The van der Waals surface area contributed by atoms with Crippen molar-refractivity contribution in [1.29, 1.82) is 0 Å². The lowest BCUT2D eigenvalue weighted by Crippen LogP contribution is -2.33. The molecule has 51 heavy (non-hydrogen) atoms. The molecule has 0 unspecified atom stereocenters. The number of aliphatic imine (C=N–C) groups is 1. The van der Waals surface area contributed by atoms with Crippen molar-refractivity contribution in [3.63, 3.8) is 0 Å². The summed E-state index contributed by atoms with van der Waals surface area (Å²) >= 11 is 0. The number of allylic oxidation sites excluding steroid dienone is 5. The molecule has 2 aliphatic heterocycles. The SMILES string of the molecule is C=c1ccc2c(c1)C(C)(C)[C-](/C=C/[C-]1CCC/C(=C\C=C3/N(CCCC)c4ccc(C)cc4C3(C)C)C1=NCC(=O)NCC(=O)O)[N+]=2CCCC. The van der Waals surface area contributed by atoms with E-state index in [9.17, 15) is 9.59 Å². The van der Waals surface area contributed by atoms with Crippen LogP contribution in [0.15, 0.2) is 77.0 Å². The number of hydrogen-bond donors (Lipinski definition) is 2. The number of nitrogens with zero attached hydrogens (tertiary/aromatic N) is 3. The average molecular weight is 690 g/mol. The van der Waals surface area contributed by atoms with E-state index in [0.717, 1.165) is 80.5 Å². The Kier molecular flexibility index (Phi) is 11.7. The van der Waals surface area contributed by atoms with Gasteiger partial charge in [0, 0.05) is 41.2 Å². The largest absolute Gasteiger partial charge is 0.480 e. The van der Waals surface area contributed by atoms with Crippen LogP contribution in [0.1, 0.15) is 103 Å². The first kappa shape index (κ1) is 37.7. The third-order valence-corrected chi connectivity index (χ3v) is 10.7. The molecule has 2 N–H and O–H groups in total. The normalized spacial score (nSPS) is 20.2. The first-order valence-electron chi connectivity index (χ1n) is 18.8. The lowest BCUT2D eigenvalue weighted by Gasteiger charge is -2.37. The van der Waals surface area contributed by atoms with Crippen LogP contribution in [0, 0.1) is 18.9 Å². The van der Waals surface area contributed by atoms with Crippen LogP contribution in [0.5, 0.6) is 0 Å². The molecule has 1 fully saturated rings. The van der Waals surface area contributed by atoms with Gasteiger partial charge in [-0.2, -0.15) is 5.92 Å². The summed E-state index contributed by atoms with van der Waals surface area (Å²) in [7, 11) is 0. The Labute approximate surface area is 305 Å². The number of amides is 1. The van der Waals surface area contributed by atoms with E-state index in [-0.39, 0.29) is 17.4 Å². The van der Waals surface area contributed by atoms with E-state index >= 15 is 0 Å². The number of carboxylic acid groups (broad SMARTS) is 1. The molecular weight excluding hydrogens is 633 g/mol. The van der Waals surface area contributed by atoms with Crippen LogP contribution in [0.25, 0.3) is 6.58 Å². The standard InChI is InChI=1S/C44H57N4O3/c1-9-11-24-47-36-20-16-30(3)26-34(36)43(5,6)38(47)22-18-32-14-13-15-33(42(32)46-28-40(49)45-29-41(50)51)19-23-39-44(7,8)35-27-31(4)17-21-37(35)48(39)25-12-10-2/h16-23,26-27H,3,9-15,24-25,28-29H2,1-2,4-8H3,(H,45,49)(H,50,51)/q-1/b22-18+,33-19+,39-23-,46-42?. The predicted molar refractivity (Wildman–Crippen MR) is 210 cm³/mol. The summed E-state index contributed by atoms with van der Waals surface area (Å²) in [5.74, 6) is -0.381. The van der Waals surface area contributed by atoms with Crippen LogP contribution in [0.4, 0.5) is 5.69 Å². The van der Waals surface area contributed by atoms with Crippen molar-refractivity contribution in [2.45, 2.75) is 104 Å². The molecular formula is C44H57N4O3-. The minimum Gasteiger partial charge on any atom is -0.480 e. The Morgan fingerprint density at radius 1 is 1.04 bits per heavy atom. The van der Waals surface area contributed by atoms with Gasteiger partial charge in [0.2, 0.25) is 5.91 Å². The molecule has 2 heterocycles. The maximum Gasteiger partial charge on any atom is 0.322 e. The third-order valence-electron chi connectivity index (χ3n) is 10.7. The highest BCUT2D eigenvalue weighted by Crippen LogP contribution is 2.48. The number of fused-ring (bicyclic) bond motifs is 2. The Balaban J connectivity index is 1.54. The van der Waals surface area contributed by atoms with Gasteiger partial charge in [-0.05, 0) is 41.8 Å². The van der Waals surface area contributed by atoms with E-state index in [1.807, 2.05) is 0 Å². The molecule has 1 saturated carbocycles. The first-order valence-corrected chi connectivity index (χ1v) is 18.8. The second-order valence-electron chi connectivity index (χ2n) is 15.3. The molecule has 2 aromatic rings. The van der Waals surface area contributed by atoms with Crippen molar-refractivity contribution in [2.24, 2.45) is 4.99 Å². The van der Waals surface area contributed by atoms with Crippen molar-refractivity contribution in [3.8, 4) is 0 Å². The summed E-state index contributed by atoms with van der Waals surface area (Å²) in [6, 6.07) is 14.5. The minimum atomic E-state index is -1.07. The summed E-state index contributed by atoms with van der Waals surface area (Å²) in [5.41, 5.74) is 8.00. The van der Waals surface area contributed by atoms with Crippen LogP contribution < -0.4 is 25.4 Å². The highest BCUT2D eigenvalue weighted by Gasteiger charge is 2.40. The van der Waals surface area contributed by atoms with Gasteiger partial charge in [-0.3, -0.25) is 15.7 Å². The van der Waals surface area contributed by atoms with Gasteiger partial charge in [0.15, 0.2) is 0 Å². The third kappa shape index (κ3) is 8.03. The van der Waals surface area contributed by atoms with Crippen LogP contribution in [-0.4, -0.2) is 48.9 Å². The Hall–Kier alpha value is -4.52. The second kappa shape index (κ2) is 15.8. The zero-order valence-corrected chi connectivity index (χ0v) is 31.9. The van der Waals surface area contributed by atoms with Gasteiger partial charge in [-0.25, -0.2) is 6.08 Å². The van der Waals surface area contributed by atoms with Crippen molar-refractivity contribution in [3.05, 3.63) is 111 Å². The average Bonchev–Trinajstić information content (AvgIpc) is 3.43. The molecule has 272 valence electrons. The number of carbonyl (C=O) groups is 2. The smallest absolute Gasteiger partial charge is 0.322 e. The van der Waals surface area contributed by atoms with Gasteiger partial charge >= 0.3 is 5.97 Å². The number of hydrogen-bond acceptors (Lipinski definition) is 4. The van der Waals surface area contributed by atoms with E-state index in [1.165, 1.54) is 39.5 Å². The number of anilines is 1. The summed E-state index contributed by atoms with van der Waals surface area (Å²) < 4.78 is 2.46. The van der Waals surface area contributed by atoms with E-state index in [4.69, 9.17) is 10.1 Å². The number of carbonyl (C=O) groups excluding carboxylic acids is 1. The Bertz CT molecular complexity index is 1880. The van der Waals surface area contributed by atoms with Gasteiger partial charge in [-0.15, -0.1) is 11.6 Å². The molecule has 0 bridgehead atoms. The van der Waals surface area contributed by atoms with Crippen molar-refractivity contribution >= 4 is 29.9 Å². The Morgan fingerprint density at radius 2 is 1.80 bits per heavy atom. The fraction of sp³-hybridized carbons (Fsp3) is 0.455. The fourth-order valence-electron chi connectivity index (χ4n) is 7.81. The van der Waals surface area contributed by atoms with E-state index < -0.39 is 18.4 Å². The molecule has 7 heteroatoms. The minimum absolute atomic E-state index is 0.130. The van der Waals surface area contributed by atoms with E-state index in [1.54, 1.807) is 0 Å². The monoisotopic (exact) mass is 689 g/mol. The fourth-order valence-corrected chi connectivity index (χ4v) is 7.81. The number of benzene rings is 2. The number of carboxylic acids is 1. The topological polar surface area (TPSA) is 85.0 Å². The highest BCUT2D eigenvalue weighted by atomic mass is 16.4. The van der Waals surface area contributed by atoms with Crippen LogP contribution in [0.3, 0.4) is 0 Å². The van der Waals surface area contributed by atoms with Crippen molar-refractivity contribution in [2.75, 3.05) is 31.1 Å². The predicted octanol–water partition coefficient (Wildman–Crippen LogP) is 6.88. The van der Waals surface area contributed by atoms with Crippen LogP contribution >= 0.6 is 0 Å². The molecule has 3 aliphatic rings. The Morgan fingerprint density at radius 3 is 2.53 bits per heavy atom. The number of unbranched alkanes of at least 4 members (excludes halogenated alkanes) is 2. The lowest BCUT2D eigenvalue weighted by atomic mass is 9.77. The highest BCUT2D eigenvalue weighted by molar-refractivity contribution is 6.13. The maximum atomic E-state index is 12.7. The molecule has 7 nitrogen and oxygen atoms in total. The number of aliphatic carboxylic acids is 1. The first-order chi connectivity index (χ1) is 24.3. The molecule has 1 aliphatic carbocycles. The molecule has 0 atom stereocenters. The number of nitrogens with one attached hydrogen (secondary N) is 1. The second-order valence-corrected chi connectivity index (χ2v) is 15.3. The molecule has 2 aromatic carbocycles. The molecule has 1 amide bonds. The molecule has 5 rings (SSSR count).